The number of carbonyl (C=O) groups excluding carboxylic acids is 1. The average molecular weight is 280 g/mol. The van der Waals surface area contributed by atoms with Gasteiger partial charge in [0.25, 0.3) is 0 Å². The largest absolute Gasteiger partial charge is 0.399 e. The summed E-state index contributed by atoms with van der Waals surface area (Å²) in [5, 5.41) is 2.88. The Bertz CT molecular complexity index is 807. The zero-order valence-electron chi connectivity index (χ0n) is 11.7. The number of nitrogens with two attached hydrogens (primary N) is 1. The van der Waals surface area contributed by atoms with Crippen molar-refractivity contribution < 1.29 is 4.79 Å². The predicted molar refractivity (Wildman–Crippen MR) is 84.0 cm³/mol. The molecule has 5 heteroatoms. The first-order valence-electron chi connectivity index (χ1n) is 6.71. The number of carbonyl (C=O) groups is 1. The van der Waals surface area contributed by atoms with Gasteiger partial charge in [-0.1, -0.05) is 12.1 Å². The quantitative estimate of drug-likeness (QED) is 0.645. The molecule has 5 nitrogen and oxygen atoms in total. The van der Waals surface area contributed by atoms with Crippen molar-refractivity contribution in [3.05, 3.63) is 53.9 Å². The number of aryl methyl sites for hydroxylation is 1. The summed E-state index contributed by atoms with van der Waals surface area (Å²) < 4.78 is 0. The Balaban J connectivity index is 1.73. The molecule has 4 N–H and O–H groups in total. The van der Waals surface area contributed by atoms with Gasteiger partial charge in [0.2, 0.25) is 5.91 Å². The van der Waals surface area contributed by atoms with E-state index in [0.29, 0.717) is 12.1 Å². The Hall–Kier alpha value is -2.82. The van der Waals surface area contributed by atoms with Crippen molar-refractivity contribution >= 4 is 28.3 Å². The minimum absolute atomic E-state index is 0.0730. The van der Waals surface area contributed by atoms with Crippen LogP contribution in [0.4, 0.5) is 11.4 Å². The first-order chi connectivity index (χ1) is 10.1. The Morgan fingerprint density at radius 1 is 1.29 bits per heavy atom. The number of H-pyrrole nitrogens is 1. The molecule has 0 aliphatic heterocycles. The molecule has 0 atom stereocenters. The lowest BCUT2D eigenvalue weighted by Crippen LogP contribution is -2.14. The van der Waals surface area contributed by atoms with E-state index in [1.807, 2.05) is 37.3 Å². The van der Waals surface area contributed by atoms with E-state index in [-0.39, 0.29) is 5.91 Å². The molecule has 106 valence electrons. The number of aromatic nitrogens is 2. The highest BCUT2D eigenvalue weighted by molar-refractivity contribution is 5.94. The molecule has 3 aromatic rings. The maximum absolute atomic E-state index is 12.1. The number of nitrogens with one attached hydrogen (secondary N) is 2. The normalized spacial score (nSPS) is 10.7. The van der Waals surface area contributed by atoms with Crippen LogP contribution >= 0.6 is 0 Å². The number of hydrogen-bond acceptors (Lipinski definition) is 3. The van der Waals surface area contributed by atoms with E-state index in [0.717, 1.165) is 28.1 Å². The summed E-state index contributed by atoms with van der Waals surface area (Å²) in [4.78, 5) is 19.5. The van der Waals surface area contributed by atoms with E-state index >= 15 is 0 Å². The SMILES string of the molecule is Cc1nc2ccc(NC(=O)Cc3cccc(N)c3)cc2[nH]1. The monoisotopic (exact) mass is 280 g/mol. The lowest BCUT2D eigenvalue weighted by Gasteiger charge is -2.06. The highest BCUT2D eigenvalue weighted by Crippen LogP contribution is 2.17. The summed E-state index contributed by atoms with van der Waals surface area (Å²) in [5.74, 6) is 0.782. The van der Waals surface area contributed by atoms with Crippen molar-refractivity contribution in [1.82, 2.24) is 9.97 Å². The predicted octanol–water partition coefficient (Wildman–Crippen LogP) is 2.63. The molecule has 0 aliphatic carbocycles. The second-order valence-corrected chi connectivity index (χ2v) is 5.02. The molecule has 1 amide bonds. The Morgan fingerprint density at radius 2 is 2.14 bits per heavy atom. The molecular weight excluding hydrogens is 264 g/mol. The summed E-state index contributed by atoms with van der Waals surface area (Å²) >= 11 is 0. The lowest BCUT2D eigenvalue weighted by atomic mass is 10.1. The molecular formula is C16H16N4O. The number of fused-ring (bicyclic) bond motifs is 1. The van der Waals surface area contributed by atoms with Crippen molar-refractivity contribution in [3.63, 3.8) is 0 Å². The van der Waals surface area contributed by atoms with Crippen LogP contribution in [0.5, 0.6) is 0 Å². The average Bonchev–Trinajstić information content (AvgIpc) is 2.78. The number of aromatic amines is 1. The van der Waals surface area contributed by atoms with Gasteiger partial charge in [-0.15, -0.1) is 0 Å². The number of nitrogen functional groups attached to an aromatic ring is 1. The summed E-state index contributed by atoms with van der Waals surface area (Å²) in [6.07, 6.45) is 0.297. The lowest BCUT2D eigenvalue weighted by molar-refractivity contribution is -0.115. The number of hydrogen-bond donors (Lipinski definition) is 3. The van der Waals surface area contributed by atoms with Gasteiger partial charge in [0.1, 0.15) is 5.82 Å². The third-order valence-corrected chi connectivity index (χ3v) is 3.20. The zero-order chi connectivity index (χ0) is 14.8. The highest BCUT2D eigenvalue weighted by atomic mass is 16.1. The van der Waals surface area contributed by atoms with Gasteiger partial charge in [-0.2, -0.15) is 0 Å². The maximum Gasteiger partial charge on any atom is 0.228 e. The van der Waals surface area contributed by atoms with Crippen LogP contribution in [0.15, 0.2) is 42.5 Å². The zero-order valence-corrected chi connectivity index (χ0v) is 11.7. The maximum atomic E-state index is 12.1. The molecule has 0 bridgehead atoms. The number of amides is 1. The van der Waals surface area contributed by atoms with Crippen molar-refractivity contribution in [3.8, 4) is 0 Å². The van der Waals surface area contributed by atoms with Crippen LogP contribution in [-0.2, 0) is 11.2 Å². The molecule has 0 spiro atoms. The first-order valence-corrected chi connectivity index (χ1v) is 6.71. The summed E-state index contributed by atoms with van der Waals surface area (Å²) in [7, 11) is 0. The number of rotatable bonds is 3. The van der Waals surface area contributed by atoms with Gasteiger partial charge in [-0.3, -0.25) is 4.79 Å². The van der Waals surface area contributed by atoms with Crippen LogP contribution in [0.25, 0.3) is 11.0 Å². The molecule has 0 saturated heterocycles. The second kappa shape index (κ2) is 5.28. The Kier molecular flexibility index (Phi) is 3.31. The summed E-state index contributed by atoms with van der Waals surface area (Å²) in [6.45, 7) is 1.90. The third-order valence-electron chi connectivity index (χ3n) is 3.20. The number of anilines is 2. The first kappa shape index (κ1) is 13.2. The molecule has 0 saturated carbocycles. The van der Waals surface area contributed by atoms with Crippen LogP contribution in [-0.4, -0.2) is 15.9 Å². The minimum atomic E-state index is -0.0730. The van der Waals surface area contributed by atoms with Crippen molar-refractivity contribution in [1.29, 1.82) is 0 Å². The standard InChI is InChI=1S/C16H16N4O/c1-10-18-14-6-5-13(9-15(14)19-10)20-16(21)8-11-3-2-4-12(17)7-11/h2-7,9H,8,17H2,1H3,(H,18,19)(H,20,21). The molecule has 1 heterocycles. The highest BCUT2D eigenvalue weighted by Gasteiger charge is 2.06. The Labute approximate surface area is 122 Å². The molecule has 0 unspecified atom stereocenters. The molecule has 0 fully saturated rings. The van der Waals surface area contributed by atoms with E-state index in [4.69, 9.17) is 5.73 Å². The van der Waals surface area contributed by atoms with Gasteiger partial charge >= 0.3 is 0 Å². The molecule has 0 radical (unpaired) electrons. The molecule has 0 aliphatic rings. The molecule has 2 aromatic carbocycles. The molecule has 3 rings (SSSR count). The van der Waals surface area contributed by atoms with E-state index in [9.17, 15) is 4.79 Å². The van der Waals surface area contributed by atoms with Gasteiger partial charge in [-0.05, 0) is 42.8 Å². The van der Waals surface area contributed by atoms with E-state index < -0.39 is 0 Å². The van der Waals surface area contributed by atoms with Gasteiger partial charge in [0.15, 0.2) is 0 Å². The number of benzene rings is 2. The fourth-order valence-corrected chi connectivity index (χ4v) is 2.31. The number of nitrogens with zero attached hydrogens (tertiary/aromatic N) is 1. The van der Waals surface area contributed by atoms with E-state index in [2.05, 4.69) is 15.3 Å². The molecule has 21 heavy (non-hydrogen) atoms. The fourth-order valence-electron chi connectivity index (χ4n) is 2.31. The summed E-state index contributed by atoms with van der Waals surface area (Å²) in [5.41, 5.74) is 9.82. The summed E-state index contributed by atoms with van der Waals surface area (Å²) in [6, 6.07) is 13.0. The fraction of sp³-hybridized carbons (Fsp3) is 0.125. The van der Waals surface area contributed by atoms with Crippen LogP contribution in [0.1, 0.15) is 11.4 Å². The third kappa shape index (κ3) is 3.02. The van der Waals surface area contributed by atoms with E-state index in [1.165, 1.54) is 0 Å². The molecule has 1 aromatic heterocycles. The van der Waals surface area contributed by atoms with Crippen LogP contribution in [0, 0.1) is 6.92 Å². The Morgan fingerprint density at radius 3 is 2.95 bits per heavy atom. The van der Waals surface area contributed by atoms with Gasteiger partial charge in [0, 0.05) is 11.4 Å². The second-order valence-electron chi connectivity index (χ2n) is 5.02. The van der Waals surface area contributed by atoms with Crippen LogP contribution < -0.4 is 11.1 Å². The van der Waals surface area contributed by atoms with Gasteiger partial charge in [-0.25, -0.2) is 4.98 Å². The van der Waals surface area contributed by atoms with Crippen molar-refractivity contribution in [2.24, 2.45) is 0 Å². The van der Waals surface area contributed by atoms with Crippen LogP contribution in [0.3, 0.4) is 0 Å². The van der Waals surface area contributed by atoms with Gasteiger partial charge < -0.3 is 16.0 Å². The number of imidazole rings is 1. The van der Waals surface area contributed by atoms with Gasteiger partial charge in [0.05, 0.1) is 17.5 Å². The smallest absolute Gasteiger partial charge is 0.228 e. The van der Waals surface area contributed by atoms with Crippen molar-refractivity contribution in [2.75, 3.05) is 11.1 Å². The van der Waals surface area contributed by atoms with E-state index in [1.54, 1.807) is 12.1 Å². The topological polar surface area (TPSA) is 83.8 Å². The van der Waals surface area contributed by atoms with Crippen LogP contribution in [0.2, 0.25) is 0 Å². The minimum Gasteiger partial charge on any atom is -0.399 e. The van der Waals surface area contributed by atoms with Crippen molar-refractivity contribution in [2.45, 2.75) is 13.3 Å².